The van der Waals surface area contributed by atoms with E-state index in [4.69, 9.17) is 16.7 Å². The molecular formula is C13H14ClF2NO3. The SMILES string of the molecule is CCCC[C@H](NC(=O)c1cc(F)c(Cl)cc1F)C(=O)O. The van der Waals surface area contributed by atoms with Crippen LogP contribution in [0.3, 0.4) is 0 Å². The number of amides is 1. The fourth-order valence-electron chi connectivity index (χ4n) is 1.60. The van der Waals surface area contributed by atoms with Crippen molar-refractivity contribution in [1.82, 2.24) is 5.32 Å². The predicted molar refractivity (Wildman–Crippen MR) is 69.8 cm³/mol. The van der Waals surface area contributed by atoms with E-state index >= 15 is 0 Å². The smallest absolute Gasteiger partial charge is 0.326 e. The Morgan fingerprint density at radius 3 is 2.55 bits per heavy atom. The Balaban J connectivity index is 2.89. The van der Waals surface area contributed by atoms with Crippen molar-refractivity contribution < 1.29 is 23.5 Å². The van der Waals surface area contributed by atoms with Crippen molar-refractivity contribution >= 4 is 23.5 Å². The first-order chi connectivity index (χ1) is 9.36. The van der Waals surface area contributed by atoms with E-state index in [-0.39, 0.29) is 6.42 Å². The second-order valence-electron chi connectivity index (χ2n) is 4.25. The van der Waals surface area contributed by atoms with Gasteiger partial charge >= 0.3 is 5.97 Å². The molecule has 20 heavy (non-hydrogen) atoms. The van der Waals surface area contributed by atoms with Crippen molar-refractivity contribution in [1.29, 1.82) is 0 Å². The highest BCUT2D eigenvalue weighted by Gasteiger charge is 2.22. The van der Waals surface area contributed by atoms with Crippen LogP contribution in [0.1, 0.15) is 36.5 Å². The molecule has 0 saturated heterocycles. The number of rotatable bonds is 6. The normalized spacial score (nSPS) is 12.0. The summed E-state index contributed by atoms with van der Waals surface area (Å²) in [5.74, 6) is -4.16. The first-order valence-electron chi connectivity index (χ1n) is 6.05. The molecule has 1 atom stereocenters. The van der Waals surface area contributed by atoms with Crippen LogP contribution >= 0.6 is 11.6 Å². The first kappa shape index (κ1) is 16.4. The molecule has 0 radical (unpaired) electrons. The van der Waals surface area contributed by atoms with Gasteiger partial charge in [0.15, 0.2) is 0 Å². The molecule has 7 heteroatoms. The fourth-order valence-corrected chi connectivity index (χ4v) is 1.75. The van der Waals surface area contributed by atoms with Crippen molar-refractivity contribution in [3.05, 3.63) is 34.4 Å². The molecule has 1 aromatic rings. The van der Waals surface area contributed by atoms with Gasteiger partial charge in [-0.3, -0.25) is 4.79 Å². The first-order valence-corrected chi connectivity index (χ1v) is 6.42. The molecule has 0 unspecified atom stereocenters. The number of aliphatic carboxylic acids is 1. The fraction of sp³-hybridized carbons (Fsp3) is 0.385. The van der Waals surface area contributed by atoms with Gasteiger partial charge < -0.3 is 10.4 Å². The van der Waals surface area contributed by atoms with Crippen LogP contribution < -0.4 is 5.32 Å². The van der Waals surface area contributed by atoms with Crippen molar-refractivity contribution in [2.24, 2.45) is 0 Å². The minimum atomic E-state index is -1.22. The molecule has 1 aromatic carbocycles. The summed E-state index contributed by atoms with van der Waals surface area (Å²) in [4.78, 5) is 22.8. The lowest BCUT2D eigenvalue weighted by Gasteiger charge is -2.14. The molecule has 110 valence electrons. The van der Waals surface area contributed by atoms with Crippen LogP contribution in [0.2, 0.25) is 5.02 Å². The molecule has 0 bridgehead atoms. The Morgan fingerprint density at radius 1 is 1.35 bits per heavy atom. The zero-order valence-electron chi connectivity index (χ0n) is 10.8. The molecule has 0 aliphatic rings. The van der Waals surface area contributed by atoms with Crippen molar-refractivity contribution in [2.45, 2.75) is 32.2 Å². The number of halogens is 3. The van der Waals surface area contributed by atoms with Crippen LogP contribution in [0.4, 0.5) is 8.78 Å². The topological polar surface area (TPSA) is 66.4 Å². The van der Waals surface area contributed by atoms with Gasteiger partial charge in [0.2, 0.25) is 0 Å². The standard InChI is InChI=1S/C13H14ClF2NO3/c1-2-3-4-11(13(19)20)17-12(18)7-5-10(16)8(14)6-9(7)15/h5-6,11H,2-4H2,1H3,(H,17,18)(H,19,20)/t11-/m0/s1. The maximum absolute atomic E-state index is 13.5. The van der Waals surface area contributed by atoms with Crippen LogP contribution in [0.15, 0.2) is 12.1 Å². The highest BCUT2D eigenvalue weighted by molar-refractivity contribution is 6.30. The number of unbranched alkanes of at least 4 members (excludes halogenated alkanes) is 1. The zero-order chi connectivity index (χ0) is 15.3. The summed E-state index contributed by atoms with van der Waals surface area (Å²) in [5, 5.41) is 10.7. The second kappa shape index (κ2) is 7.19. The van der Waals surface area contributed by atoms with E-state index in [9.17, 15) is 18.4 Å². The molecule has 0 aromatic heterocycles. The van der Waals surface area contributed by atoms with Crippen LogP contribution in [0, 0.1) is 11.6 Å². The van der Waals surface area contributed by atoms with E-state index in [1.165, 1.54) is 0 Å². The molecule has 0 saturated carbocycles. The summed E-state index contributed by atoms with van der Waals surface area (Å²) in [6, 6.07) is 0.180. The molecule has 0 spiro atoms. The average molecular weight is 306 g/mol. The quantitative estimate of drug-likeness (QED) is 0.794. The number of hydrogen-bond donors (Lipinski definition) is 2. The van der Waals surface area contributed by atoms with Crippen LogP contribution in [-0.4, -0.2) is 23.0 Å². The predicted octanol–water partition coefficient (Wildman–Crippen LogP) is 2.99. The Hall–Kier alpha value is -1.69. The van der Waals surface area contributed by atoms with Crippen LogP contribution in [0.25, 0.3) is 0 Å². The van der Waals surface area contributed by atoms with Gasteiger partial charge in [-0.15, -0.1) is 0 Å². The van der Waals surface area contributed by atoms with Gasteiger partial charge in [-0.2, -0.15) is 0 Å². The number of carbonyl (C=O) groups excluding carboxylic acids is 1. The van der Waals surface area contributed by atoms with Crippen LogP contribution in [-0.2, 0) is 4.79 Å². The van der Waals surface area contributed by atoms with E-state index in [0.29, 0.717) is 18.6 Å². The molecule has 1 amide bonds. The van der Waals surface area contributed by atoms with Crippen molar-refractivity contribution in [2.75, 3.05) is 0 Å². The van der Waals surface area contributed by atoms with Gasteiger partial charge in [-0.25, -0.2) is 13.6 Å². The number of benzene rings is 1. The lowest BCUT2D eigenvalue weighted by molar-refractivity contribution is -0.139. The van der Waals surface area contributed by atoms with Crippen molar-refractivity contribution in [3.63, 3.8) is 0 Å². The van der Waals surface area contributed by atoms with Gasteiger partial charge in [0.25, 0.3) is 5.91 Å². The number of carbonyl (C=O) groups is 2. The third-order valence-corrected chi connectivity index (χ3v) is 2.99. The second-order valence-corrected chi connectivity index (χ2v) is 4.66. The van der Waals surface area contributed by atoms with E-state index in [1.54, 1.807) is 0 Å². The largest absolute Gasteiger partial charge is 0.480 e. The molecule has 1 rings (SSSR count). The van der Waals surface area contributed by atoms with Gasteiger partial charge in [0.1, 0.15) is 17.7 Å². The van der Waals surface area contributed by atoms with Gasteiger partial charge in [-0.1, -0.05) is 31.4 Å². The third kappa shape index (κ3) is 4.16. The monoisotopic (exact) mass is 305 g/mol. The van der Waals surface area contributed by atoms with Gasteiger partial charge in [0.05, 0.1) is 10.6 Å². The van der Waals surface area contributed by atoms with E-state index in [2.05, 4.69) is 5.32 Å². The highest BCUT2D eigenvalue weighted by Crippen LogP contribution is 2.19. The lowest BCUT2D eigenvalue weighted by atomic mass is 10.1. The number of hydrogen-bond acceptors (Lipinski definition) is 2. The van der Waals surface area contributed by atoms with E-state index < -0.39 is 40.1 Å². The Labute approximate surface area is 119 Å². The lowest BCUT2D eigenvalue weighted by Crippen LogP contribution is -2.41. The summed E-state index contributed by atoms with van der Waals surface area (Å²) >= 11 is 5.37. The minimum absolute atomic E-state index is 0.218. The van der Waals surface area contributed by atoms with E-state index in [1.807, 2.05) is 6.92 Å². The summed E-state index contributed by atoms with van der Waals surface area (Å²) in [6.45, 7) is 1.87. The molecule has 0 aliphatic heterocycles. The average Bonchev–Trinajstić information content (AvgIpc) is 2.38. The Kier molecular flexibility index (Phi) is 5.88. The molecule has 0 fully saturated rings. The van der Waals surface area contributed by atoms with Crippen molar-refractivity contribution in [3.8, 4) is 0 Å². The minimum Gasteiger partial charge on any atom is -0.480 e. The maximum Gasteiger partial charge on any atom is 0.326 e. The molecule has 0 aliphatic carbocycles. The summed E-state index contributed by atoms with van der Waals surface area (Å²) < 4.78 is 26.7. The number of nitrogens with one attached hydrogen (secondary N) is 1. The Morgan fingerprint density at radius 2 is 2.00 bits per heavy atom. The highest BCUT2D eigenvalue weighted by atomic mass is 35.5. The van der Waals surface area contributed by atoms with Gasteiger partial charge in [0, 0.05) is 0 Å². The summed E-state index contributed by atoms with van der Waals surface area (Å²) in [5.41, 5.74) is -0.574. The number of carboxylic acids is 1. The zero-order valence-corrected chi connectivity index (χ0v) is 11.5. The van der Waals surface area contributed by atoms with E-state index in [0.717, 1.165) is 6.42 Å². The summed E-state index contributed by atoms with van der Waals surface area (Å²) in [6.07, 6.45) is 1.56. The Bertz CT molecular complexity index is 523. The van der Waals surface area contributed by atoms with Gasteiger partial charge in [-0.05, 0) is 18.6 Å². The molecule has 2 N–H and O–H groups in total. The third-order valence-electron chi connectivity index (χ3n) is 2.70. The van der Waals surface area contributed by atoms with Crippen LogP contribution in [0.5, 0.6) is 0 Å². The maximum atomic E-state index is 13.5. The molecular weight excluding hydrogens is 292 g/mol. The summed E-state index contributed by atoms with van der Waals surface area (Å²) in [7, 11) is 0. The molecule has 0 heterocycles. The molecule has 4 nitrogen and oxygen atoms in total. The number of carboxylic acid groups (broad SMARTS) is 1.